The first-order valence-electron chi connectivity index (χ1n) is 7.60. The molecule has 2 unspecified atom stereocenters. The molecule has 4 nitrogen and oxygen atoms in total. The molecule has 0 radical (unpaired) electrons. The summed E-state index contributed by atoms with van der Waals surface area (Å²) in [6.07, 6.45) is 5.36. The van der Waals surface area contributed by atoms with Crippen molar-refractivity contribution < 1.29 is 4.79 Å². The van der Waals surface area contributed by atoms with Crippen molar-refractivity contribution in [3.05, 3.63) is 12.7 Å². The highest BCUT2D eigenvalue weighted by atomic mass is 16.2. The van der Waals surface area contributed by atoms with Crippen LogP contribution >= 0.6 is 0 Å². The zero-order valence-electron chi connectivity index (χ0n) is 12.1. The molecule has 2 aliphatic rings. The Morgan fingerprint density at radius 3 is 2.74 bits per heavy atom. The summed E-state index contributed by atoms with van der Waals surface area (Å²) < 4.78 is 0. The van der Waals surface area contributed by atoms with Crippen molar-refractivity contribution in [2.24, 2.45) is 5.92 Å². The molecule has 0 bridgehead atoms. The number of carbonyl (C=O) groups excluding carboxylic acids is 1. The SMILES string of the molecule is C=CCN1CCN(C(=O)C2CC(CC)CCN2)CC1. The van der Waals surface area contributed by atoms with Crippen molar-refractivity contribution in [1.82, 2.24) is 15.1 Å². The number of rotatable bonds is 4. The highest BCUT2D eigenvalue weighted by Gasteiger charge is 2.30. The highest BCUT2D eigenvalue weighted by molar-refractivity contribution is 5.82. The number of piperidine rings is 1. The predicted octanol–water partition coefficient (Wildman–Crippen LogP) is 1.09. The Morgan fingerprint density at radius 1 is 1.37 bits per heavy atom. The van der Waals surface area contributed by atoms with E-state index in [4.69, 9.17) is 0 Å². The fraction of sp³-hybridized carbons (Fsp3) is 0.800. The van der Waals surface area contributed by atoms with E-state index < -0.39 is 0 Å². The van der Waals surface area contributed by atoms with E-state index in [1.165, 1.54) is 12.8 Å². The fourth-order valence-electron chi connectivity index (χ4n) is 3.11. The minimum absolute atomic E-state index is 0.0599. The summed E-state index contributed by atoms with van der Waals surface area (Å²) in [7, 11) is 0. The van der Waals surface area contributed by atoms with Gasteiger partial charge in [0.2, 0.25) is 5.91 Å². The van der Waals surface area contributed by atoms with E-state index in [9.17, 15) is 4.79 Å². The van der Waals surface area contributed by atoms with Gasteiger partial charge >= 0.3 is 0 Å². The number of carbonyl (C=O) groups is 1. The quantitative estimate of drug-likeness (QED) is 0.773. The number of piperazine rings is 1. The van der Waals surface area contributed by atoms with E-state index in [-0.39, 0.29) is 6.04 Å². The number of hydrogen-bond acceptors (Lipinski definition) is 3. The third-order valence-electron chi connectivity index (χ3n) is 4.46. The smallest absolute Gasteiger partial charge is 0.239 e. The van der Waals surface area contributed by atoms with Crippen LogP contribution in [-0.2, 0) is 4.79 Å². The van der Waals surface area contributed by atoms with Gasteiger partial charge in [0.25, 0.3) is 0 Å². The Kier molecular flexibility index (Phi) is 5.40. The summed E-state index contributed by atoms with van der Waals surface area (Å²) in [4.78, 5) is 16.9. The second-order valence-corrected chi connectivity index (χ2v) is 5.72. The molecule has 0 saturated carbocycles. The van der Waals surface area contributed by atoms with Crippen LogP contribution in [0.2, 0.25) is 0 Å². The maximum Gasteiger partial charge on any atom is 0.239 e. The van der Waals surface area contributed by atoms with E-state index in [2.05, 4.69) is 23.7 Å². The number of nitrogens with zero attached hydrogens (tertiary/aromatic N) is 2. The van der Waals surface area contributed by atoms with E-state index in [1.54, 1.807) is 0 Å². The van der Waals surface area contributed by atoms with Crippen LogP contribution in [0.25, 0.3) is 0 Å². The highest BCUT2D eigenvalue weighted by Crippen LogP contribution is 2.20. The summed E-state index contributed by atoms with van der Waals surface area (Å²) in [5.74, 6) is 1.04. The molecule has 1 N–H and O–H groups in total. The Bertz CT molecular complexity index is 311. The molecule has 0 spiro atoms. The zero-order chi connectivity index (χ0) is 13.7. The molecule has 4 heteroatoms. The number of hydrogen-bond donors (Lipinski definition) is 1. The lowest BCUT2D eigenvalue weighted by molar-refractivity contribution is -0.136. The maximum absolute atomic E-state index is 12.5. The van der Waals surface area contributed by atoms with Crippen LogP contribution in [0, 0.1) is 5.92 Å². The number of amides is 1. The average Bonchev–Trinajstić information content (AvgIpc) is 2.48. The Balaban J connectivity index is 1.82. The van der Waals surface area contributed by atoms with Crippen LogP contribution in [0.15, 0.2) is 12.7 Å². The first-order valence-corrected chi connectivity index (χ1v) is 7.60. The molecule has 2 aliphatic heterocycles. The van der Waals surface area contributed by atoms with E-state index in [0.29, 0.717) is 5.91 Å². The third-order valence-corrected chi connectivity index (χ3v) is 4.46. The third kappa shape index (κ3) is 3.80. The lowest BCUT2D eigenvalue weighted by Gasteiger charge is -2.38. The van der Waals surface area contributed by atoms with Crippen LogP contribution in [-0.4, -0.2) is 61.0 Å². The van der Waals surface area contributed by atoms with Gasteiger partial charge in [-0.3, -0.25) is 9.69 Å². The van der Waals surface area contributed by atoms with Gasteiger partial charge in [0, 0.05) is 32.7 Å². The Labute approximate surface area is 116 Å². The molecule has 2 heterocycles. The average molecular weight is 265 g/mol. The molecule has 0 aromatic rings. The van der Waals surface area contributed by atoms with Crippen molar-refractivity contribution in [2.45, 2.75) is 32.2 Å². The first-order chi connectivity index (χ1) is 9.24. The van der Waals surface area contributed by atoms with Crippen LogP contribution < -0.4 is 5.32 Å². The van der Waals surface area contributed by atoms with Crippen LogP contribution in [0.5, 0.6) is 0 Å². The summed E-state index contributed by atoms with van der Waals surface area (Å²) in [6.45, 7) is 11.6. The van der Waals surface area contributed by atoms with Gasteiger partial charge in [0.1, 0.15) is 0 Å². The van der Waals surface area contributed by atoms with Crippen LogP contribution in [0.3, 0.4) is 0 Å². The van der Waals surface area contributed by atoms with Gasteiger partial charge in [-0.25, -0.2) is 0 Å². The monoisotopic (exact) mass is 265 g/mol. The fourth-order valence-corrected chi connectivity index (χ4v) is 3.11. The summed E-state index contributed by atoms with van der Waals surface area (Å²) in [5.41, 5.74) is 0. The molecule has 2 rings (SSSR count). The van der Waals surface area contributed by atoms with Crippen molar-refractivity contribution in [3.63, 3.8) is 0 Å². The minimum Gasteiger partial charge on any atom is -0.339 e. The Morgan fingerprint density at radius 2 is 2.11 bits per heavy atom. The first kappa shape index (κ1) is 14.5. The lowest BCUT2D eigenvalue weighted by atomic mass is 9.90. The lowest BCUT2D eigenvalue weighted by Crippen LogP contribution is -2.55. The van der Waals surface area contributed by atoms with Crippen molar-refractivity contribution in [2.75, 3.05) is 39.3 Å². The van der Waals surface area contributed by atoms with Gasteiger partial charge in [-0.05, 0) is 25.3 Å². The Hall–Kier alpha value is -0.870. The normalized spacial score (nSPS) is 29.2. The largest absolute Gasteiger partial charge is 0.339 e. The molecule has 2 atom stereocenters. The van der Waals surface area contributed by atoms with Gasteiger partial charge in [-0.15, -0.1) is 6.58 Å². The van der Waals surface area contributed by atoms with Gasteiger partial charge in [0.05, 0.1) is 6.04 Å². The predicted molar refractivity (Wildman–Crippen MR) is 78.0 cm³/mol. The molecular weight excluding hydrogens is 238 g/mol. The van der Waals surface area contributed by atoms with E-state index in [1.807, 2.05) is 11.0 Å². The molecule has 0 aliphatic carbocycles. The van der Waals surface area contributed by atoms with Gasteiger partial charge in [-0.2, -0.15) is 0 Å². The van der Waals surface area contributed by atoms with E-state index >= 15 is 0 Å². The molecule has 19 heavy (non-hydrogen) atoms. The minimum atomic E-state index is 0.0599. The molecule has 1 amide bonds. The topological polar surface area (TPSA) is 35.6 Å². The maximum atomic E-state index is 12.5. The molecule has 0 aromatic heterocycles. The van der Waals surface area contributed by atoms with Gasteiger partial charge < -0.3 is 10.2 Å². The second-order valence-electron chi connectivity index (χ2n) is 5.72. The van der Waals surface area contributed by atoms with Crippen molar-refractivity contribution in [3.8, 4) is 0 Å². The van der Waals surface area contributed by atoms with Gasteiger partial charge in [0.15, 0.2) is 0 Å². The summed E-state index contributed by atoms with van der Waals surface area (Å²) >= 11 is 0. The van der Waals surface area contributed by atoms with Crippen molar-refractivity contribution >= 4 is 5.91 Å². The summed E-state index contributed by atoms with van der Waals surface area (Å²) in [6, 6.07) is 0.0599. The standard InChI is InChI=1S/C15H27N3O/c1-3-7-17-8-10-18(11-9-17)15(19)14-12-13(4-2)5-6-16-14/h3,13-14,16H,1,4-12H2,2H3. The van der Waals surface area contributed by atoms with Crippen LogP contribution in [0.4, 0.5) is 0 Å². The summed E-state index contributed by atoms with van der Waals surface area (Å²) in [5, 5.41) is 3.40. The second kappa shape index (κ2) is 7.06. The van der Waals surface area contributed by atoms with Gasteiger partial charge in [-0.1, -0.05) is 19.4 Å². The molecule has 108 valence electrons. The van der Waals surface area contributed by atoms with E-state index in [0.717, 1.165) is 51.6 Å². The van der Waals surface area contributed by atoms with Crippen LogP contribution in [0.1, 0.15) is 26.2 Å². The zero-order valence-corrected chi connectivity index (χ0v) is 12.1. The molecular formula is C15H27N3O. The van der Waals surface area contributed by atoms with Crippen molar-refractivity contribution in [1.29, 1.82) is 0 Å². The molecule has 0 aromatic carbocycles. The molecule has 2 fully saturated rings. The number of nitrogens with one attached hydrogen (secondary N) is 1. The molecule has 2 saturated heterocycles.